The number of nitriles is 1. The summed E-state index contributed by atoms with van der Waals surface area (Å²) in [5.74, 6) is 1.77. The average Bonchev–Trinajstić information content (AvgIpc) is 2.39. The molecule has 0 fully saturated rings. The van der Waals surface area contributed by atoms with Gasteiger partial charge in [-0.2, -0.15) is 5.26 Å². The molecule has 0 amide bonds. The van der Waals surface area contributed by atoms with Crippen molar-refractivity contribution >= 4 is 11.8 Å². The van der Waals surface area contributed by atoms with Crippen LogP contribution in [0.3, 0.4) is 0 Å². The van der Waals surface area contributed by atoms with Crippen LogP contribution in [-0.4, -0.2) is 25.4 Å². The molecule has 0 aliphatic heterocycles. The molecule has 0 aliphatic carbocycles. The van der Waals surface area contributed by atoms with Crippen LogP contribution in [0.2, 0.25) is 0 Å². The van der Waals surface area contributed by atoms with Crippen LogP contribution in [0.15, 0.2) is 29.2 Å². The first-order valence-electron chi connectivity index (χ1n) is 5.51. The Kier molecular flexibility index (Phi) is 5.33. The zero-order chi connectivity index (χ0) is 12.7. The van der Waals surface area contributed by atoms with Gasteiger partial charge in [0.2, 0.25) is 0 Å². The summed E-state index contributed by atoms with van der Waals surface area (Å²) >= 11 is 1.71. The van der Waals surface area contributed by atoms with Crippen LogP contribution in [0.25, 0.3) is 0 Å². The van der Waals surface area contributed by atoms with E-state index in [1.807, 2.05) is 38.2 Å². The van der Waals surface area contributed by atoms with Crippen molar-refractivity contribution in [1.82, 2.24) is 5.32 Å². The Hall–Kier alpha value is -1.18. The zero-order valence-corrected chi connectivity index (χ0v) is 11.3. The Morgan fingerprint density at radius 3 is 2.76 bits per heavy atom. The number of nitrogens with one attached hydrogen (secondary N) is 1. The number of benzene rings is 1. The van der Waals surface area contributed by atoms with Crippen LogP contribution in [0.4, 0.5) is 0 Å². The summed E-state index contributed by atoms with van der Waals surface area (Å²) in [4.78, 5) is 1.12. The number of ether oxygens (including phenoxy) is 1. The molecule has 1 rings (SSSR count). The van der Waals surface area contributed by atoms with Gasteiger partial charge in [0.1, 0.15) is 11.3 Å². The lowest BCUT2D eigenvalue weighted by Crippen LogP contribution is -2.38. The normalized spacial score (nSPS) is 13.8. The first kappa shape index (κ1) is 13.9. The number of thioether (sulfide) groups is 1. The van der Waals surface area contributed by atoms with E-state index < -0.39 is 5.54 Å². The van der Waals surface area contributed by atoms with Crippen LogP contribution in [0.5, 0.6) is 5.75 Å². The third-order valence-corrected chi connectivity index (χ3v) is 3.78. The van der Waals surface area contributed by atoms with Crippen molar-refractivity contribution in [1.29, 1.82) is 5.26 Å². The Morgan fingerprint density at radius 1 is 1.47 bits per heavy atom. The second kappa shape index (κ2) is 6.53. The van der Waals surface area contributed by atoms with Gasteiger partial charge in [-0.05, 0) is 32.5 Å². The van der Waals surface area contributed by atoms with Crippen molar-refractivity contribution < 1.29 is 4.74 Å². The molecule has 0 bridgehead atoms. The van der Waals surface area contributed by atoms with Crippen molar-refractivity contribution in [2.75, 3.05) is 19.9 Å². The SMILES string of the molecule is CNC(C)(C#N)CCSc1ccccc1OC. The van der Waals surface area contributed by atoms with Gasteiger partial charge < -0.3 is 10.1 Å². The number of nitrogens with zero attached hydrogens (tertiary/aromatic N) is 1. The maximum absolute atomic E-state index is 9.04. The molecule has 0 spiro atoms. The first-order valence-corrected chi connectivity index (χ1v) is 6.50. The smallest absolute Gasteiger partial charge is 0.132 e. The van der Waals surface area contributed by atoms with Crippen LogP contribution in [-0.2, 0) is 0 Å². The Morgan fingerprint density at radius 2 is 2.18 bits per heavy atom. The minimum atomic E-state index is -0.449. The fraction of sp³-hybridized carbons (Fsp3) is 0.462. The maximum atomic E-state index is 9.04. The fourth-order valence-electron chi connectivity index (χ4n) is 1.34. The number of methoxy groups -OCH3 is 1. The van der Waals surface area contributed by atoms with E-state index in [9.17, 15) is 0 Å². The van der Waals surface area contributed by atoms with Gasteiger partial charge in [-0.1, -0.05) is 12.1 Å². The highest BCUT2D eigenvalue weighted by Gasteiger charge is 2.20. The molecular formula is C13H18N2OS. The third kappa shape index (κ3) is 3.95. The van der Waals surface area contributed by atoms with Crippen molar-refractivity contribution in [3.8, 4) is 11.8 Å². The van der Waals surface area contributed by atoms with Gasteiger partial charge in [-0.15, -0.1) is 11.8 Å². The highest BCUT2D eigenvalue weighted by Crippen LogP contribution is 2.30. The maximum Gasteiger partial charge on any atom is 0.132 e. The minimum absolute atomic E-state index is 0.449. The van der Waals surface area contributed by atoms with Gasteiger partial charge >= 0.3 is 0 Å². The van der Waals surface area contributed by atoms with Gasteiger partial charge in [0.05, 0.1) is 13.2 Å². The summed E-state index contributed by atoms with van der Waals surface area (Å²) in [6.07, 6.45) is 0.794. The molecular weight excluding hydrogens is 232 g/mol. The highest BCUT2D eigenvalue weighted by atomic mass is 32.2. The van der Waals surface area contributed by atoms with E-state index in [-0.39, 0.29) is 0 Å². The van der Waals surface area contributed by atoms with E-state index in [0.717, 1.165) is 22.8 Å². The van der Waals surface area contributed by atoms with E-state index in [4.69, 9.17) is 10.00 Å². The summed E-state index contributed by atoms with van der Waals surface area (Å²) in [6, 6.07) is 10.2. The third-order valence-electron chi connectivity index (χ3n) is 2.73. The molecule has 4 heteroatoms. The Labute approximate surface area is 107 Å². The van der Waals surface area contributed by atoms with Gasteiger partial charge in [-0.25, -0.2) is 0 Å². The molecule has 0 aromatic heterocycles. The lowest BCUT2D eigenvalue weighted by molar-refractivity contribution is 0.404. The standard InChI is InChI=1S/C13H18N2OS/c1-13(10-14,15-2)8-9-17-12-7-5-4-6-11(12)16-3/h4-7,15H,8-9H2,1-3H3. The minimum Gasteiger partial charge on any atom is -0.496 e. The summed E-state index contributed by atoms with van der Waals surface area (Å²) < 4.78 is 5.28. The molecule has 0 saturated heterocycles. The van der Waals surface area contributed by atoms with Gasteiger partial charge in [0, 0.05) is 10.6 Å². The van der Waals surface area contributed by atoms with E-state index in [1.54, 1.807) is 18.9 Å². The Balaban J connectivity index is 2.54. The van der Waals surface area contributed by atoms with Crippen LogP contribution in [0, 0.1) is 11.3 Å². The quantitative estimate of drug-likeness (QED) is 0.788. The van der Waals surface area contributed by atoms with Crippen molar-refractivity contribution in [2.45, 2.75) is 23.8 Å². The predicted molar refractivity (Wildman–Crippen MR) is 71.4 cm³/mol. The summed E-state index contributed by atoms with van der Waals surface area (Å²) in [5, 5.41) is 12.1. The first-order chi connectivity index (χ1) is 8.15. The second-order valence-corrected chi connectivity index (χ2v) is 5.08. The summed E-state index contributed by atoms with van der Waals surface area (Å²) in [5.41, 5.74) is -0.449. The van der Waals surface area contributed by atoms with E-state index >= 15 is 0 Å². The molecule has 1 atom stereocenters. The van der Waals surface area contributed by atoms with Crippen LogP contribution < -0.4 is 10.1 Å². The number of rotatable bonds is 6. The largest absolute Gasteiger partial charge is 0.496 e. The molecule has 92 valence electrons. The van der Waals surface area contributed by atoms with Crippen LogP contribution in [0.1, 0.15) is 13.3 Å². The predicted octanol–water partition coefficient (Wildman–Crippen LogP) is 2.68. The molecule has 0 radical (unpaired) electrons. The second-order valence-electron chi connectivity index (χ2n) is 3.94. The number of hydrogen-bond acceptors (Lipinski definition) is 4. The summed E-state index contributed by atoms with van der Waals surface area (Å²) in [7, 11) is 3.49. The molecule has 1 unspecified atom stereocenters. The highest BCUT2D eigenvalue weighted by molar-refractivity contribution is 7.99. The molecule has 0 saturated carbocycles. The Bertz CT molecular complexity index is 403. The molecule has 1 aromatic carbocycles. The number of hydrogen-bond donors (Lipinski definition) is 1. The lowest BCUT2D eigenvalue weighted by Gasteiger charge is -2.20. The van der Waals surface area contributed by atoms with Gasteiger partial charge in [-0.3, -0.25) is 0 Å². The van der Waals surface area contributed by atoms with Crippen LogP contribution >= 0.6 is 11.8 Å². The molecule has 3 nitrogen and oxygen atoms in total. The van der Waals surface area contributed by atoms with Crippen molar-refractivity contribution in [3.63, 3.8) is 0 Å². The summed E-state index contributed by atoms with van der Waals surface area (Å²) in [6.45, 7) is 1.91. The van der Waals surface area contributed by atoms with Gasteiger partial charge in [0.15, 0.2) is 0 Å². The fourth-order valence-corrected chi connectivity index (χ4v) is 2.54. The molecule has 1 N–H and O–H groups in total. The van der Waals surface area contributed by atoms with E-state index in [2.05, 4.69) is 11.4 Å². The monoisotopic (exact) mass is 250 g/mol. The molecule has 1 aromatic rings. The van der Waals surface area contributed by atoms with Crippen molar-refractivity contribution in [3.05, 3.63) is 24.3 Å². The van der Waals surface area contributed by atoms with E-state index in [1.165, 1.54) is 0 Å². The topological polar surface area (TPSA) is 45.0 Å². The number of para-hydroxylation sites is 1. The molecule has 0 heterocycles. The lowest BCUT2D eigenvalue weighted by atomic mass is 10.0. The molecule has 0 aliphatic rings. The van der Waals surface area contributed by atoms with Gasteiger partial charge in [0.25, 0.3) is 0 Å². The molecule has 17 heavy (non-hydrogen) atoms. The zero-order valence-electron chi connectivity index (χ0n) is 10.5. The average molecular weight is 250 g/mol. The van der Waals surface area contributed by atoms with E-state index in [0.29, 0.717) is 0 Å². The van der Waals surface area contributed by atoms with Crippen molar-refractivity contribution in [2.24, 2.45) is 0 Å².